The smallest absolute Gasteiger partial charge is 0.0896 e. The first-order valence-corrected chi connectivity index (χ1v) is 8.81. The second-order valence-corrected chi connectivity index (χ2v) is 7.95. The van der Waals surface area contributed by atoms with Crippen LogP contribution in [0.15, 0.2) is 18.2 Å². The van der Waals surface area contributed by atoms with Gasteiger partial charge in [-0.1, -0.05) is 32.0 Å². The fourth-order valence-electron chi connectivity index (χ4n) is 4.69. The molecule has 1 nitrogen and oxygen atoms in total. The lowest BCUT2D eigenvalue weighted by Gasteiger charge is -2.41. The van der Waals surface area contributed by atoms with E-state index in [0.29, 0.717) is 5.92 Å². The largest absolute Gasteiger partial charge is 0.385 e. The molecule has 0 aliphatic heterocycles. The summed E-state index contributed by atoms with van der Waals surface area (Å²) >= 11 is 0. The molecule has 1 heteroatoms. The summed E-state index contributed by atoms with van der Waals surface area (Å²) in [6.45, 7) is 6.73. The third-order valence-corrected chi connectivity index (χ3v) is 5.91. The van der Waals surface area contributed by atoms with Crippen LogP contribution in [0.2, 0.25) is 0 Å². The van der Waals surface area contributed by atoms with Crippen molar-refractivity contribution in [1.29, 1.82) is 0 Å². The minimum absolute atomic E-state index is 0.401. The van der Waals surface area contributed by atoms with Gasteiger partial charge in [-0.3, -0.25) is 0 Å². The molecular formula is C20H30O. The molecular weight excluding hydrogens is 256 g/mol. The number of aliphatic hydroxyl groups is 1. The molecule has 0 heterocycles. The second-order valence-electron chi connectivity index (χ2n) is 7.95. The predicted molar refractivity (Wildman–Crippen MR) is 88.3 cm³/mol. The van der Waals surface area contributed by atoms with Gasteiger partial charge in [-0.05, 0) is 86.3 Å². The van der Waals surface area contributed by atoms with Crippen LogP contribution in [0.25, 0.3) is 0 Å². The zero-order chi connectivity index (χ0) is 15.0. The normalized spacial score (nSPS) is 32.3. The van der Waals surface area contributed by atoms with Crippen molar-refractivity contribution in [2.24, 2.45) is 17.8 Å². The average Bonchev–Trinajstić information content (AvgIpc) is 2.45. The van der Waals surface area contributed by atoms with E-state index in [4.69, 9.17) is 0 Å². The summed E-state index contributed by atoms with van der Waals surface area (Å²) in [6.07, 6.45) is 8.67. The Hall–Kier alpha value is -0.820. The summed E-state index contributed by atoms with van der Waals surface area (Å²) in [6, 6.07) is 6.76. The second kappa shape index (κ2) is 5.76. The molecule has 1 aromatic carbocycles. The SMILES string of the molecule is CC1CC(C)CC(C(C)(O)c2ccc3c(c2)CCCC3)C1. The fraction of sp³-hybridized carbons (Fsp3) is 0.700. The van der Waals surface area contributed by atoms with Crippen LogP contribution in [0.5, 0.6) is 0 Å². The number of benzene rings is 1. The number of rotatable bonds is 2. The van der Waals surface area contributed by atoms with Crippen molar-refractivity contribution < 1.29 is 5.11 Å². The van der Waals surface area contributed by atoms with Gasteiger partial charge in [0, 0.05) is 0 Å². The summed E-state index contributed by atoms with van der Waals surface area (Å²) in [5.41, 5.74) is 3.46. The molecule has 1 saturated carbocycles. The summed E-state index contributed by atoms with van der Waals surface area (Å²) < 4.78 is 0. The predicted octanol–water partition coefficient (Wildman–Crippen LogP) is 4.85. The van der Waals surface area contributed by atoms with Crippen molar-refractivity contribution >= 4 is 0 Å². The van der Waals surface area contributed by atoms with Crippen LogP contribution in [-0.4, -0.2) is 5.11 Å². The molecule has 116 valence electrons. The molecule has 0 spiro atoms. The Morgan fingerprint density at radius 3 is 2.24 bits per heavy atom. The van der Waals surface area contributed by atoms with Gasteiger partial charge in [-0.2, -0.15) is 0 Å². The highest BCUT2D eigenvalue weighted by molar-refractivity contribution is 5.36. The molecule has 0 amide bonds. The topological polar surface area (TPSA) is 20.2 Å². The molecule has 2 aliphatic rings. The molecule has 1 fully saturated rings. The van der Waals surface area contributed by atoms with E-state index in [1.807, 2.05) is 6.92 Å². The summed E-state index contributed by atoms with van der Waals surface area (Å²) in [4.78, 5) is 0. The van der Waals surface area contributed by atoms with Gasteiger partial charge in [0.1, 0.15) is 0 Å². The quantitative estimate of drug-likeness (QED) is 0.824. The van der Waals surface area contributed by atoms with Crippen molar-refractivity contribution in [3.05, 3.63) is 34.9 Å². The molecule has 21 heavy (non-hydrogen) atoms. The van der Waals surface area contributed by atoms with Crippen LogP contribution in [0.3, 0.4) is 0 Å². The number of fused-ring (bicyclic) bond motifs is 1. The Bertz CT molecular complexity index is 493. The van der Waals surface area contributed by atoms with E-state index in [-0.39, 0.29) is 0 Å². The monoisotopic (exact) mass is 286 g/mol. The molecule has 3 rings (SSSR count). The van der Waals surface area contributed by atoms with Crippen LogP contribution >= 0.6 is 0 Å². The Balaban J connectivity index is 1.87. The van der Waals surface area contributed by atoms with Gasteiger partial charge in [0.25, 0.3) is 0 Å². The lowest BCUT2D eigenvalue weighted by Crippen LogP contribution is -2.37. The van der Waals surface area contributed by atoms with Crippen LogP contribution in [0.1, 0.15) is 69.6 Å². The average molecular weight is 286 g/mol. The van der Waals surface area contributed by atoms with E-state index >= 15 is 0 Å². The molecule has 1 aromatic rings. The van der Waals surface area contributed by atoms with E-state index in [1.54, 1.807) is 0 Å². The molecule has 3 unspecified atom stereocenters. The van der Waals surface area contributed by atoms with E-state index in [2.05, 4.69) is 32.0 Å². The molecule has 1 N–H and O–H groups in total. The van der Waals surface area contributed by atoms with E-state index < -0.39 is 5.60 Å². The maximum Gasteiger partial charge on any atom is 0.0896 e. The highest BCUT2D eigenvalue weighted by Crippen LogP contribution is 2.43. The molecule has 0 saturated heterocycles. The zero-order valence-electron chi connectivity index (χ0n) is 13.9. The van der Waals surface area contributed by atoms with E-state index in [0.717, 1.165) is 30.2 Å². The summed E-state index contributed by atoms with van der Waals surface area (Å²) in [7, 11) is 0. The van der Waals surface area contributed by atoms with Crippen molar-refractivity contribution in [2.45, 2.75) is 71.3 Å². The Labute approximate surface area is 129 Å². The van der Waals surface area contributed by atoms with Gasteiger partial charge in [0.15, 0.2) is 0 Å². The van der Waals surface area contributed by atoms with Gasteiger partial charge in [-0.25, -0.2) is 0 Å². The third-order valence-electron chi connectivity index (χ3n) is 5.91. The fourth-order valence-corrected chi connectivity index (χ4v) is 4.69. The highest BCUT2D eigenvalue weighted by atomic mass is 16.3. The van der Waals surface area contributed by atoms with Crippen LogP contribution in [0.4, 0.5) is 0 Å². The Kier molecular flexibility index (Phi) is 4.14. The minimum Gasteiger partial charge on any atom is -0.385 e. The van der Waals surface area contributed by atoms with Crippen LogP contribution in [-0.2, 0) is 18.4 Å². The summed E-state index contributed by atoms with van der Waals surface area (Å²) in [5.74, 6) is 1.88. The Morgan fingerprint density at radius 2 is 1.57 bits per heavy atom. The molecule has 3 atom stereocenters. The molecule has 0 aromatic heterocycles. The number of aryl methyl sites for hydroxylation is 2. The van der Waals surface area contributed by atoms with E-state index in [9.17, 15) is 5.11 Å². The van der Waals surface area contributed by atoms with Crippen molar-refractivity contribution in [1.82, 2.24) is 0 Å². The standard InChI is InChI=1S/C20H30O/c1-14-10-15(2)12-19(11-14)20(3,21)18-9-8-16-6-4-5-7-17(16)13-18/h8-9,13-15,19,21H,4-7,10-12H2,1-3H3. The van der Waals surface area contributed by atoms with Crippen LogP contribution < -0.4 is 0 Å². The number of hydrogen-bond acceptors (Lipinski definition) is 1. The van der Waals surface area contributed by atoms with Crippen LogP contribution in [0, 0.1) is 17.8 Å². The molecule has 0 bridgehead atoms. The van der Waals surface area contributed by atoms with Gasteiger partial charge < -0.3 is 5.11 Å². The van der Waals surface area contributed by atoms with Gasteiger partial charge in [0.05, 0.1) is 5.60 Å². The maximum atomic E-state index is 11.2. The van der Waals surface area contributed by atoms with E-state index in [1.165, 1.54) is 43.2 Å². The minimum atomic E-state index is -0.671. The molecule has 2 aliphatic carbocycles. The Morgan fingerprint density at radius 1 is 0.952 bits per heavy atom. The first-order valence-electron chi connectivity index (χ1n) is 8.81. The van der Waals surface area contributed by atoms with Crippen molar-refractivity contribution in [3.8, 4) is 0 Å². The maximum absolute atomic E-state index is 11.2. The van der Waals surface area contributed by atoms with Gasteiger partial charge in [0.2, 0.25) is 0 Å². The summed E-state index contributed by atoms with van der Waals surface area (Å²) in [5, 5.41) is 11.2. The van der Waals surface area contributed by atoms with Crippen molar-refractivity contribution in [2.75, 3.05) is 0 Å². The third kappa shape index (κ3) is 3.04. The van der Waals surface area contributed by atoms with Gasteiger partial charge >= 0.3 is 0 Å². The first kappa shape index (κ1) is 15.1. The highest BCUT2D eigenvalue weighted by Gasteiger charge is 2.38. The van der Waals surface area contributed by atoms with Gasteiger partial charge in [-0.15, -0.1) is 0 Å². The van der Waals surface area contributed by atoms with Crippen molar-refractivity contribution in [3.63, 3.8) is 0 Å². The number of hydrogen-bond donors (Lipinski definition) is 1. The first-order chi connectivity index (χ1) is 9.96. The zero-order valence-corrected chi connectivity index (χ0v) is 13.9. The lowest BCUT2D eigenvalue weighted by molar-refractivity contribution is -0.0387. The lowest BCUT2D eigenvalue weighted by atomic mass is 9.68. The molecule has 0 radical (unpaired) electrons.